The van der Waals surface area contributed by atoms with E-state index >= 15 is 0 Å². The van der Waals surface area contributed by atoms with Crippen molar-refractivity contribution in [3.8, 4) is 0 Å². The molecular formula is C28H34N4OS. The number of aryl methyl sites for hydroxylation is 2. The van der Waals surface area contributed by atoms with E-state index in [9.17, 15) is 4.79 Å². The van der Waals surface area contributed by atoms with Gasteiger partial charge in [0.2, 0.25) is 0 Å². The van der Waals surface area contributed by atoms with Gasteiger partial charge in [0.1, 0.15) is 5.82 Å². The minimum absolute atomic E-state index is 0.0562. The zero-order chi connectivity index (χ0) is 23.7. The van der Waals surface area contributed by atoms with Gasteiger partial charge in [-0.15, -0.1) is 11.8 Å². The number of hydrogen-bond acceptors (Lipinski definition) is 5. The highest BCUT2D eigenvalue weighted by Crippen LogP contribution is 2.37. The molecule has 2 aliphatic heterocycles. The van der Waals surface area contributed by atoms with Gasteiger partial charge < -0.3 is 5.32 Å². The Morgan fingerprint density at radius 2 is 1.88 bits per heavy atom. The van der Waals surface area contributed by atoms with Gasteiger partial charge in [-0.25, -0.2) is 4.98 Å². The van der Waals surface area contributed by atoms with Crippen LogP contribution in [0.15, 0.2) is 64.3 Å². The monoisotopic (exact) mass is 474 g/mol. The van der Waals surface area contributed by atoms with Gasteiger partial charge in [0, 0.05) is 37.8 Å². The first kappa shape index (κ1) is 23.3. The number of hydrogen-bond donors (Lipinski definition) is 1. The maximum Gasteiger partial charge on any atom is 0.267 e. The van der Waals surface area contributed by atoms with Crippen LogP contribution in [0.1, 0.15) is 54.1 Å². The van der Waals surface area contributed by atoms with Crippen LogP contribution in [0.4, 0.5) is 0 Å². The average Bonchev–Trinajstić information content (AvgIpc) is 3.32. The largest absolute Gasteiger partial charge is 0.314 e. The van der Waals surface area contributed by atoms with Gasteiger partial charge in [0.05, 0.1) is 23.2 Å². The second kappa shape index (κ2) is 10.1. The average molecular weight is 475 g/mol. The maximum atomic E-state index is 13.8. The van der Waals surface area contributed by atoms with Crippen molar-refractivity contribution < 1.29 is 0 Å². The highest BCUT2D eigenvalue weighted by molar-refractivity contribution is 7.99. The fraction of sp³-hybridized carbons (Fsp3) is 0.429. The van der Waals surface area contributed by atoms with E-state index in [0.29, 0.717) is 12.5 Å². The molecule has 0 amide bonds. The quantitative estimate of drug-likeness (QED) is 0.566. The highest BCUT2D eigenvalue weighted by atomic mass is 32.2. The Kier molecular flexibility index (Phi) is 6.91. The van der Waals surface area contributed by atoms with E-state index in [0.717, 1.165) is 53.8 Å². The van der Waals surface area contributed by atoms with E-state index in [-0.39, 0.29) is 17.6 Å². The number of aromatic nitrogens is 2. The second-order valence-corrected chi connectivity index (χ2v) is 10.9. The zero-order valence-corrected chi connectivity index (χ0v) is 21.1. The molecule has 2 unspecified atom stereocenters. The Hall–Kier alpha value is -2.41. The Morgan fingerprint density at radius 1 is 1.12 bits per heavy atom. The van der Waals surface area contributed by atoms with Crippen molar-refractivity contribution in [1.82, 2.24) is 19.8 Å². The first-order valence-corrected chi connectivity index (χ1v) is 13.3. The first-order chi connectivity index (χ1) is 16.5. The predicted octanol–water partition coefficient (Wildman–Crippen LogP) is 4.59. The van der Waals surface area contributed by atoms with Gasteiger partial charge in [0.15, 0.2) is 0 Å². The summed E-state index contributed by atoms with van der Waals surface area (Å²) in [6.45, 7) is 9.98. The summed E-state index contributed by atoms with van der Waals surface area (Å²) in [4.78, 5) is 22.4. The molecule has 1 N–H and O–H groups in total. The third-order valence-electron chi connectivity index (χ3n) is 7.00. The fourth-order valence-electron chi connectivity index (χ4n) is 5.29. The number of piperazine rings is 1. The van der Waals surface area contributed by atoms with Crippen molar-refractivity contribution in [2.24, 2.45) is 5.92 Å². The Bertz CT molecular complexity index is 1190. The van der Waals surface area contributed by atoms with Crippen molar-refractivity contribution in [2.45, 2.75) is 50.7 Å². The molecule has 5 nitrogen and oxygen atoms in total. The molecule has 0 spiro atoms. The summed E-state index contributed by atoms with van der Waals surface area (Å²) < 4.78 is 1.96. The summed E-state index contributed by atoms with van der Waals surface area (Å²) in [5.41, 5.74) is 4.83. The lowest BCUT2D eigenvalue weighted by molar-refractivity contribution is 0.0695. The van der Waals surface area contributed by atoms with Crippen LogP contribution in [-0.2, 0) is 13.0 Å². The number of thioether (sulfide) groups is 1. The molecule has 1 aromatic heterocycles. The van der Waals surface area contributed by atoms with Crippen molar-refractivity contribution in [3.05, 3.63) is 93.2 Å². The SMILES string of the molecule is Cc1ccc(C2CNCCN2C(c2nc3c(c(=O)n2Cc2ccccc2)SCC3)C(C)C)cc1. The van der Waals surface area contributed by atoms with Crippen molar-refractivity contribution in [2.75, 3.05) is 25.4 Å². The molecule has 2 aromatic carbocycles. The molecule has 2 aliphatic rings. The summed E-state index contributed by atoms with van der Waals surface area (Å²) in [7, 11) is 0. The topological polar surface area (TPSA) is 50.2 Å². The molecule has 5 rings (SSSR count). The molecule has 6 heteroatoms. The maximum absolute atomic E-state index is 13.8. The lowest BCUT2D eigenvalue weighted by Gasteiger charge is -2.43. The Balaban J connectivity index is 1.62. The summed E-state index contributed by atoms with van der Waals surface area (Å²) in [5.74, 6) is 2.18. The molecule has 0 aliphatic carbocycles. The number of rotatable bonds is 6. The smallest absolute Gasteiger partial charge is 0.267 e. The molecule has 0 bridgehead atoms. The Morgan fingerprint density at radius 3 is 2.62 bits per heavy atom. The number of fused-ring (bicyclic) bond motifs is 1. The van der Waals surface area contributed by atoms with E-state index in [1.807, 2.05) is 22.8 Å². The molecule has 34 heavy (non-hydrogen) atoms. The van der Waals surface area contributed by atoms with Crippen LogP contribution in [0.2, 0.25) is 0 Å². The van der Waals surface area contributed by atoms with Crippen LogP contribution in [0.5, 0.6) is 0 Å². The van der Waals surface area contributed by atoms with E-state index in [1.165, 1.54) is 11.1 Å². The number of nitrogens with one attached hydrogen (secondary N) is 1. The summed E-state index contributed by atoms with van der Waals surface area (Å²) in [6, 6.07) is 19.5. The minimum Gasteiger partial charge on any atom is -0.314 e. The lowest BCUT2D eigenvalue weighted by Crippen LogP contribution is -2.50. The van der Waals surface area contributed by atoms with Gasteiger partial charge >= 0.3 is 0 Å². The molecule has 3 heterocycles. The van der Waals surface area contributed by atoms with Crippen LogP contribution >= 0.6 is 11.8 Å². The minimum atomic E-state index is 0.0562. The van der Waals surface area contributed by atoms with Crippen LogP contribution < -0.4 is 10.9 Å². The van der Waals surface area contributed by atoms with Crippen molar-refractivity contribution in [1.29, 1.82) is 0 Å². The fourth-order valence-corrected chi connectivity index (χ4v) is 6.34. The number of nitrogens with zero attached hydrogens (tertiary/aromatic N) is 3. The summed E-state index contributed by atoms with van der Waals surface area (Å²) >= 11 is 1.66. The van der Waals surface area contributed by atoms with Gasteiger partial charge in [0.25, 0.3) is 5.56 Å². The van der Waals surface area contributed by atoms with E-state index < -0.39 is 0 Å². The zero-order valence-electron chi connectivity index (χ0n) is 20.3. The normalized spacial score (nSPS) is 19.4. The summed E-state index contributed by atoms with van der Waals surface area (Å²) in [5, 5.41) is 3.60. The molecule has 1 saturated heterocycles. The lowest BCUT2D eigenvalue weighted by atomic mass is 9.94. The molecular weight excluding hydrogens is 440 g/mol. The van der Waals surface area contributed by atoms with E-state index in [1.54, 1.807) is 11.8 Å². The third kappa shape index (κ3) is 4.59. The van der Waals surface area contributed by atoms with Crippen LogP contribution in [0, 0.1) is 12.8 Å². The van der Waals surface area contributed by atoms with Crippen LogP contribution in [0.25, 0.3) is 0 Å². The molecule has 178 valence electrons. The first-order valence-electron chi connectivity index (χ1n) is 12.4. The third-order valence-corrected chi connectivity index (χ3v) is 8.10. The molecule has 1 fully saturated rings. The number of benzene rings is 2. The van der Waals surface area contributed by atoms with Crippen molar-refractivity contribution >= 4 is 11.8 Å². The Labute approximate surface area is 206 Å². The van der Waals surface area contributed by atoms with Crippen LogP contribution in [-0.4, -0.2) is 39.8 Å². The molecule has 2 atom stereocenters. The molecule has 0 saturated carbocycles. The van der Waals surface area contributed by atoms with Gasteiger partial charge in [-0.05, 0) is 24.0 Å². The molecule has 0 radical (unpaired) electrons. The van der Waals surface area contributed by atoms with Crippen LogP contribution in [0.3, 0.4) is 0 Å². The van der Waals surface area contributed by atoms with E-state index in [2.05, 4.69) is 67.4 Å². The van der Waals surface area contributed by atoms with Gasteiger partial charge in [-0.3, -0.25) is 14.3 Å². The summed E-state index contributed by atoms with van der Waals surface area (Å²) in [6.07, 6.45) is 0.877. The molecule has 3 aromatic rings. The van der Waals surface area contributed by atoms with E-state index in [4.69, 9.17) is 4.98 Å². The van der Waals surface area contributed by atoms with Gasteiger partial charge in [-0.2, -0.15) is 0 Å². The van der Waals surface area contributed by atoms with Gasteiger partial charge in [-0.1, -0.05) is 74.0 Å². The highest BCUT2D eigenvalue weighted by Gasteiger charge is 2.36. The predicted molar refractivity (Wildman–Crippen MR) is 140 cm³/mol. The standard InChI is InChI=1S/C28H34N4OS/c1-19(2)25(31-15-14-29-17-24(31)22-11-9-20(3)10-12-22)27-30-23-13-16-34-26(23)28(33)32(27)18-21-7-5-4-6-8-21/h4-12,19,24-25,29H,13-18H2,1-3H3. The van der Waals surface area contributed by atoms with Crippen molar-refractivity contribution in [3.63, 3.8) is 0 Å². The second-order valence-electron chi connectivity index (χ2n) is 9.78.